The van der Waals surface area contributed by atoms with Crippen molar-refractivity contribution in [1.82, 2.24) is 0 Å². The molecule has 0 aliphatic rings. The summed E-state index contributed by atoms with van der Waals surface area (Å²) in [6, 6.07) is 8.78. The minimum Gasteiger partial charge on any atom is -0.496 e. The average Bonchev–Trinajstić information content (AvgIpc) is 2.46. The van der Waals surface area contributed by atoms with Crippen molar-refractivity contribution in [1.29, 1.82) is 0 Å². The molecular weight excluding hydrogens is 363 g/mol. The van der Waals surface area contributed by atoms with Crippen molar-refractivity contribution in [3.05, 3.63) is 57.3 Å². The Labute approximate surface area is 143 Å². The summed E-state index contributed by atoms with van der Waals surface area (Å²) in [7, 11) is 1.62. The molecule has 0 radical (unpaired) electrons. The van der Waals surface area contributed by atoms with Crippen LogP contribution >= 0.6 is 15.9 Å². The van der Waals surface area contributed by atoms with Crippen molar-refractivity contribution in [3.8, 4) is 5.75 Å². The number of halogens is 2. The predicted octanol–water partition coefficient (Wildman–Crippen LogP) is 3.66. The molecule has 0 aromatic heterocycles. The van der Waals surface area contributed by atoms with Gasteiger partial charge in [0, 0.05) is 11.0 Å². The van der Waals surface area contributed by atoms with Gasteiger partial charge in [-0.1, -0.05) is 33.6 Å². The third kappa shape index (κ3) is 4.22. The Kier molecular flexibility index (Phi) is 5.60. The Balaban J connectivity index is 2.16. The molecule has 0 bridgehead atoms. The molecule has 0 unspecified atom stereocenters. The van der Waals surface area contributed by atoms with Crippen molar-refractivity contribution >= 4 is 27.5 Å². The van der Waals surface area contributed by atoms with Crippen molar-refractivity contribution in [3.63, 3.8) is 0 Å². The molecule has 1 amide bonds. The smallest absolute Gasteiger partial charge is 0.253 e. The van der Waals surface area contributed by atoms with Gasteiger partial charge in [-0.3, -0.25) is 4.79 Å². The summed E-state index contributed by atoms with van der Waals surface area (Å²) in [5.41, 5.74) is 7.67. The molecule has 0 fully saturated rings. The van der Waals surface area contributed by atoms with Gasteiger partial charge in [-0.05, 0) is 37.1 Å². The number of carbonyl (C=O) groups is 1. The zero-order valence-electron chi connectivity index (χ0n) is 13.0. The zero-order chi connectivity index (χ0) is 17.0. The lowest BCUT2D eigenvalue weighted by Crippen LogP contribution is -2.17. The normalized spacial score (nSPS) is 10.4. The fraction of sp³-hybridized carbons (Fsp3) is 0.235. The van der Waals surface area contributed by atoms with Gasteiger partial charge in [0.05, 0.1) is 18.4 Å². The van der Waals surface area contributed by atoms with Crippen LogP contribution in [0, 0.1) is 12.7 Å². The summed E-state index contributed by atoms with van der Waals surface area (Å²) in [5.74, 6) is -0.652. The SMILES string of the molecule is COc1ccc(C)cc1CCNc1cc(Br)cc(F)c1C(N)=O. The highest BCUT2D eigenvalue weighted by Crippen LogP contribution is 2.25. The Morgan fingerprint density at radius 3 is 2.74 bits per heavy atom. The van der Waals surface area contributed by atoms with Crippen molar-refractivity contribution < 1.29 is 13.9 Å². The molecule has 0 spiro atoms. The molecular formula is C17H18BrFN2O2. The van der Waals surface area contributed by atoms with Gasteiger partial charge in [-0.2, -0.15) is 0 Å². The van der Waals surface area contributed by atoms with Crippen LogP contribution in [0.25, 0.3) is 0 Å². The number of rotatable bonds is 6. The maximum Gasteiger partial charge on any atom is 0.253 e. The van der Waals surface area contributed by atoms with E-state index >= 15 is 0 Å². The molecule has 122 valence electrons. The number of hydrogen-bond donors (Lipinski definition) is 2. The summed E-state index contributed by atoms with van der Waals surface area (Å²) in [6.07, 6.45) is 0.664. The first kappa shape index (κ1) is 17.3. The van der Waals surface area contributed by atoms with Gasteiger partial charge in [0.1, 0.15) is 11.6 Å². The van der Waals surface area contributed by atoms with Gasteiger partial charge >= 0.3 is 0 Å². The van der Waals surface area contributed by atoms with Crippen LogP contribution in [0.2, 0.25) is 0 Å². The second kappa shape index (κ2) is 7.46. The van der Waals surface area contributed by atoms with E-state index < -0.39 is 11.7 Å². The molecule has 2 aromatic carbocycles. The fourth-order valence-electron chi connectivity index (χ4n) is 2.40. The lowest BCUT2D eigenvalue weighted by molar-refractivity contribution is 0.0997. The van der Waals surface area contributed by atoms with Gasteiger partial charge in [0.15, 0.2) is 0 Å². The summed E-state index contributed by atoms with van der Waals surface area (Å²) < 4.78 is 19.8. The third-order valence-electron chi connectivity index (χ3n) is 3.45. The number of anilines is 1. The number of methoxy groups -OCH3 is 1. The monoisotopic (exact) mass is 380 g/mol. The fourth-order valence-corrected chi connectivity index (χ4v) is 2.83. The standard InChI is InChI=1S/C17H18BrFN2O2/c1-10-3-4-15(23-2)11(7-10)5-6-21-14-9-12(18)8-13(19)16(14)17(20)22/h3-4,7-9,21H,5-6H2,1-2H3,(H2,20,22). The third-order valence-corrected chi connectivity index (χ3v) is 3.90. The van der Waals surface area contributed by atoms with Crippen molar-refractivity contribution in [2.75, 3.05) is 19.0 Å². The molecule has 4 nitrogen and oxygen atoms in total. The van der Waals surface area contributed by atoms with Crippen LogP contribution in [0.1, 0.15) is 21.5 Å². The topological polar surface area (TPSA) is 64.3 Å². The van der Waals surface area contributed by atoms with Crippen LogP contribution in [0.4, 0.5) is 10.1 Å². The number of nitrogens with two attached hydrogens (primary N) is 1. The molecule has 0 saturated heterocycles. The Hall–Kier alpha value is -2.08. The minimum absolute atomic E-state index is 0.135. The van der Waals surface area contributed by atoms with E-state index in [1.807, 2.05) is 25.1 Å². The first-order chi connectivity index (χ1) is 10.9. The number of hydrogen-bond acceptors (Lipinski definition) is 3. The van der Waals surface area contributed by atoms with Gasteiger partial charge in [0.25, 0.3) is 5.91 Å². The lowest BCUT2D eigenvalue weighted by Gasteiger charge is -2.13. The summed E-state index contributed by atoms with van der Waals surface area (Å²) >= 11 is 3.21. The number of ether oxygens (including phenoxy) is 1. The van der Waals surface area contributed by atoms with Crippen LogP contribution in [0.15, 0.2) is 34.8 Å². The maximum absolute atomic E-state index is 13.9. The molecule has 2 rings (SSSR count). The maximum atomic E-state index is 13.9. The molecule has 0 aliphatic heterocycles. The van der Waals surface area contributed by atoms with Crippen LogP contribution < -0.4 is 15.8 Å². The van der Waals surface area contributed by atoms with E-state index in [1.54, 1.807) is 13.2 Å². The number of aryl methyl sites for hydroxylation is 1. The molecule has 0 heterocycles. The largest absolute Gasteiger partial charge is 0.496 e. The van der Waals surface area contributed by atoms with E-state index in [0.29, 0.717) is 23.1 Å². The summed E-state index contributed by atoms with van der Waals surface area (Å²) in [4.78, 5) is 11.4. The minimum atomic E-state index is -0.800. The van der Waals surface area contributed by atoms with Crippen LogP contribution in [0.3, 0.4) is 0 Å². The van der Waals surface area contributed by atoms with Crippen LogP contribution in [0.5, 0.6) is 5.75 Å². The van der Waals surface area contributed by atoms with E-state index in [2.05, 4.69) is 21.2 Å². The van der Waals surface area contributed by atoms with Crippen LogP contribution in [-0.4, -0.2) is 19.6 Å². The highest BCUT2D eigenvalue weighted by atomic mass is 79.9. The molecule has 0 atom stereocenters. The summed E-state index contributed by atoms with van der Waals surface area (Å²) in [5, 5.41) is 3.07. The summed E-state index contributed by atoms with van der Waals surface area (Å²) in [6.45, 7) is 2.52. The molecule has 0 saturated carbocycles. The highest BCUT2D eigenvalue weighted by Gasteiger charge is 2.15. The van der Waals surface area contributed by atoms with Gasteiger partial charge in [-0.25, -0.2) is 4.39 Å². The number of nitrogens with one attached hydrogen (secondary N) is 1. The Bertz CT molecular complexity index is 735. The Morgan fingerprint density at radius 2 is 2.09 bits per heavy atom. The van der Waals surface area contributed by atoms with E-state index in [-0.39, 0.29) is 5.56 Å². The van der Waals surface area contributed by atoms with E-state index in [4.69, 9.17) is 10.5 Å². The Morgan fingerprint density at radius 1 is 1.35 bits per heavy atom. The molecule has 3 N–H and O–H groups in total. The zero-order valence-corrected chi connectivity index (χ0v) is 14.5. The molecule has 6 heteroatoms. The van der Waals surface area contributed by atoms with Crippen molar-refractivity contribution in [2.24, 2.45) is 5.73 Å². The number of primary amides is 1. The second-order valence-corrected chi connectivity index (χ2v) is 6.08. The van der Waals surface area contributed by atoms with Gasteiger partial charge < -0.3 is 15.8 Å². The van der Waals surface area contributed by atoms with E-state index in [0.717, 1.165) is 16.9 Å². The predicted molar refractivity (Wildman–Crippen MR) is 92.5 cm³/mol. The number of benzene rings is 2. The second-order valence-electron chi connectivity index (χ2n) is 5.17. The average molecular weight is 381 g/mol. The first-order valence-corrected chi connectivity index (χ1v) is 7.88. The number of amides is 1. The highest BCUT2D eigenvalue weighted by molar-refractivity contribution is 9.10. The van der Waals surface area contributed by atoms with Gasteiger partial charge in [-0.15, -0.1) is 0 Å². The quantitative estimate of drug-likeness (QED) is 0.803. The molecule has 2 aromatic rings. The lowest BCUT2D eigenvalue weighted by atomic mass is 10.1. The first-order valence-electron chi connectivity index (χ1n) is 7.08. The van der Waals surface area contributed by atoms with E-state index in [1.165, 1.54) is 6.07 Å². The molecule has 23 heavy (non-hydrogen) atoms. The molecule has 0 aliphatic carbocycles. The van der Waals surface area contributed by atoms with E-state index in [9.17, 15) is 9.18 Å². The van der Waals surface area contributed by atoms with Gasteiger partial charge in [0.2, 0.25) is 0 Å². The number of carbonyl (C=O) groups excluding carboxylic acids is 1. The van der Waals surface area contributed by atoms with Crippen LogP contribution in [-0.2, 0) is 6.42 Å². The van der Waals surface area contributed by atoms with Crippen molar-refractivity contribution in [2.45, 2.75) is 13.3 Å².